The number of hydrogen-bond acceptors (Lipinski definition) is 4. The van der Waals surface area contributed by atoms with Gasteiger partial charge >= 0.3 is 0 Å². The third kappa shape index (κ3) is 3.62. The van der Waals surface area contributed by atoms with E-state index >= 15 is 0 Å². The maximum atomic E-state index is 12.9. The van der Waals surface area contributed by atoms with Crippen molar-refractivity contribution >= 4 is 19.7 Å². The first-order chi connectivity index (χ1) is 13.0. The highest BCUT2D eigenvalue weighted by Crippen LogP contribution is 2.27. The maximum Gasteiger partial charge on any atom is 0.206 e. The molecular formula is C22H22O4S2. The molecule has 0 radical (unpaired) electrons. The van der Waals surface area contributed by atoms with Crippen LogP contribution in [0, 0.1) is 27.7 Å². The molecule has 0 bridgehead atoms. The quantitative estimate of drug-likeness (QED) is 0.626. The van der Waals surface area contributed by atoms with Gasteiger partial charge in [-0.15, -0.1) is 0 Å². The highest BCUT2D eigenvalue weighted by molar-refractivity contribution is 7.92. The number of hydrogen-bond donors (Lipinski definition) is 0. The Morgan fingerprint density at radius 1 is 0.429 bits per heavy atom. The Balaban J connectivity index is 2.00. The fourth-order valence-corrected chi connectivity index (χ4v) is 5.52. The third-order valence-corrected chi connectivity index (χ3v) is 8.56. The second-order valence-electron chi connectivity index (χ2n) is 6.97. The first-order valence-corrected chi connectivity index (χ1v) is 11.7. The zero-order chi connectivity index (χ0) is 20.7. The lowest BCUT2D eigenvalue weighted by molar-refractivity contribution is 0.592. The zero-order valence-electron chi connectivity index (χ0n) is 16.2. The third-order valence-electron chi connectivity index (χ3n) is 5.02. The van der Waals surface area contributed by atoms with Gasteiger partial charge in [0.25, 0.3) is 0 Å². The van der Waals surface area contributed by atoms with Crippen molar-refractivity contribution in [2.75, 3.05) is 0 Å². The molecule has 0 heterocycles. The molecule has 0 amide bonds. The summed E-state index contributed by atoms with van der Waals surface area (Å²) >= 11 is 0. The van der Waals surface area contributed by atoms with Crippen molar-refractivity contribution in [1.29, 1.82) is 0 Å². The minimum Gasteiger partial charge on any atom is -0.219 e. The number of benzene rings is 3. The molecule has 0 saturated carbocycles. The van der Waals surface area contributed by atoms with Crippen LogP contribution in [0.15, 0.2) is 80.2 Å². The standard InChI is InChI=1S/C22H22O4S2/c1-15-5-7-21(13-17(15)3)27(23,24)19-9-11-20(12-10-19)28(25,26)22-8-6-16(2)18(4)14-22/h5-14H,1-4H3. The van der Waals surface area contributed by atoms with Crippen LogP contribution in [0.25, 0.3) is 0 Å². The Morgan fingerprint density at radius 2 is 0.714 bits per heavy atom. The predicted molar refractivity (Wildman–Crippen MR) is 109 cm³/mol. The molecule has 0 unspecified atom stereocenters. The molecule has 0 aliphatic carbocycles. The summed E-state index contributed by atoms with van der Waals surface area (Å²) in [6.45, 7) is 7.54. The van der Waals surface area contributed by atoms with Crippen LogP contribution in [0.5, 0.6) is 0 Å². The van der Waals surface area contributed by atoms with E-state index in [4.69, 9.17) is 0 Å². The van der Waals surface area contributed by atoms with Crippen molar-refractivity contribution in [1.82, 2.24) is 0 Å². The molecule has 0 N–H and O–H groups in total. The molecule has 0 saturated heterocycles. The monoisotopic (exact) mass is 414 g/mol. The molecular weight excluding hydrogens is 392 g/mol. The van der Waals surface area contributed by atoms with Crippen molar-refractivity contribution in [2.45, 2.75) is 47.3 Å². The van der Waals surface area contributed by atoms with E-state index in [1.807, 2.05) is 27.7 Å². The average molecular weight is 415 g/mol. The summed E-state index contributed by atoms with van der Waals surface area (Å²) in [5.41, 5.74) is 3.78. The summed E-state index contributed by atoms with van der Waals surface area (Å²) in [5, 5.41) is 0. The summed E-state index contributed by atoms with van der Waals surface area (Å²) < 4.78 is 51.4. The van der Waals surface area contributed by atoms with Gasteiger partial charge in [-0.25, -0.2) is 16.8 Å². The van der Waals surface area contributed by atoms with Crippen LogP contribution in [-0.2, 0) is 19.7 Å². The molecule has 146 valence electrons. The van der Waals surface area contributed by atoms with E-state index in [0.717, 1.165) is 22.3 Å². The van der Waals surface area contributed by atoms with E-state index in [9.17, 15) is 16.8 Å². The lowest BCUT2D eigenvalue weighted by Gasteiger charge is -2.10. The van der Waals surface area contributed by atoms with E-state index in [1.165, 1.54) is 24.3 Å². The van der Waals surface area contributed by atoms with E-state index in [-0.39, 0.29) is 19.6 Å². The SMILES string of the molecule is Cc1ccc(S(=O)(=O)c2ccc(S(=O)(=O)c3ccc(C)c(C)c3)cc2)cc1C. The van der Waals surface area contributed by atoms with Crippen molar-refractivity contribution in [3.05, 3.63) is 82.9 Å². The van der Waals surface area contributed by atoms with Gasteiger partial charge in [-0.1, -0.05) is 12.1 Å². The van der Waals surface area contributed by atoms with Crippen molar-refractivity contribution in [3.8, 4) is 0 Å². The van der Waals surface area contributed by atoms with Crippen molar-refractivity contribution in [3.63, 3.8) is 0 Å². The van der Waals surface area contributed by atoms with Gasteiger partial charge < -0.3 is 0 Å². The van der Waals surface area contributed by atoms with Gasteiger partial charge in [0.05, 0.1) is 19.6 Å². The normalized spacial score (nSPS) is 12.1. The molecule has 4 nitrogen and oxygen atoms in total. The van der Waals surface area contributed by atoms with Crippen molar-refractivity contribution in [2.24, 2.45) is 0 Å². The Morgan fingerprint density at radius 3 is 1.00 bits per heavy atom. The lowest BCUT2D eigenvalue weighted by Crippen LogP contribution is -2.05. The van der Waals surface area contributed by atoms with Gasteiger partial charge in [-0.05, 0) is 98.5 Å². The molecule has 3 aromatic carbocycles. The molecule has 0 aliphatic heterocycles. The molecule has 0 spiro atoms. The second kappa shape index (κ2) is 7.18. The Bertz CT molecular complexity index is 1150. The summed E-state index contributed by atoms with van der Waals surface area (Å²) in [6.07, 6.45) is 0. The lowest BCUT2D eigenvalue weighted by atomic mass is 10.1. The van der Waals surface area contributed by atoms with Gasteiger partial charge in [-0.2, -0.15) is 0 Å². The van der Waals surface area contributed by atoms with Crippen LogP contribution in [-0.4, -0.2) is 16.8 Å². The largest absolute Gasteiger partial charge is 0.219 e. The fraction of sp³-hybridized carbons (Fsp3) is 0.182. The molecule has 0 aromatic heterocycles. The topological polar surface area (TPSA) is 68.3 Å². The van der Waals surface area contributed by atoms with Gasteiger partial charge in [0.15, 0.2) is 0 Å². The van der Waals surface area contributed by atoms with Gasteiger partial charge in [0.2, 0.25) is 19.7 Å². The minimum atomic E-state index is -3.71. The summed E-state index contributed by atoms with van der Waals surface area (Å²) in [4.78, 5) is 0.519. The molecule has 3 rings (SSSR count). The summed E-state index contributed by atoms with van der Waals surface area (Å²) in [6, 6.07) is 15.3. The van der Waals surface area contributed by atoms with Crippen molar-refractivity contribution < 1.29 is 16.8 Å². The molecule has 6 heteroatoms. The number of rotatable bonds is 4. The average Bonchev–Trinajstić information content (AvgIpc) is 2.66. The zero-order valence-corrected chi connectivity index (χ0v) is 17.9. The van der Waals surface area contributed by atoms with Crippen LogP contribution in [0.1, 0.15) is 22.3 Å². The van der Waals surface area contributed by atoms with Crippen LogP contribution in [0.2, 0.25) is 0 Å². The summed E-state index contributed by atoms with van der Waals surface area (Å²) in [7, 11) is -7.42. The van der Waals surface area contributed by atoms with Gasteiger partial charge in [0, 0.05) is 0 Å². The van der Waals surface area contributed by atoms with Gasteiger partial charge in [-0.3, -0.25) is 0 Å². The predicted octanol–water partition coefficient (Wildman–Crippen LogP) is 4.59. The fourth-order valence-electron chi connectivity index (χ4n) is 2.83. The van der Waals surface area contributed by atoms with E-state index < -0.39 is 19.7 Å². The van der Waals surface area contributed by atoms with Crippen LogP contribution < -0.4 is 0 Å². The Labute approximate surface area is 166 Å². The van der Waals surface area contributed by atoms with E-state index in [2.05, 4.69) is 0 Å². The molecule has 0 aliphatic rings. The van der Waals surface area contributed by atoms with E-state index in [0.29, 0.717) is 0 Å². The second-order valence-corrected chi connectivity index (χ2v) is 10.9. The Hall–Kier alpha value is -2.44. The van der Waals surface area contributed by atoms with Crippen LogP contribution in [0.4, 0.5) is 0 Å². The molecule has 0 fully saturated rings. The highest BCUT2D eigenvalue weighted by Gasteiger charge is 2.22. The Kier molecular flexibility index (Phi) is 5.21. The maximum absolute atomic E-state index is 12.9. The summed E-state index contributed by atoms with van der Waals surface area (Å²) in [5.74, 6) is 0. The number of sulfone groups is 2. The number of aryl methyl sites for hydroxylation is 4. The smallest absolute Gasteiger partial charge is 0.206 e. The first-order valence-electron chi connectivity index (χ1n) is 8.78. The molecule has 28 heavy (non-hydrogen) atoms. The minimum absolute atomic E-state index is 0.0646. The van der Waals surface area contributed by atoms with Gasteiger partial charge in [0.1, 0.15) is 0 Å². The van der Waals surface area contributed by atoms with Crippen LogP contribution >= 0.6 is 0 Å². The van der Waals surface area contributed by atoms with E-state index in [1.54, 1.807) is 36.4 Å². The first kappa shape index (κ1) is 20.3. The molecule has 3 aromatic rings. The van der Waals surface area contributed by atoms with Crippen LogP contribution in [0.3, 0.4) is 0 Å². The highest BCUT2D eigenvalue weighted by atomic mass is 32.2. The molecule has 0 atom stereocenters.